The molecule has 0 radical (unpaired) electrons. The van der Waals surface area contributed by atoms with E-state index in [-0.39, 0.29) is 24.5 Å². The maximum absolute atomic E-state index is 11.4. The monoisotopic (exact) mass is 198 g/mol. The highest BCUT2D eigenvalue weighted by Gasteiger charge is 2.33. The van der Waals surface area contributed by atoms with Gasteiger partial charge in [-0.3, -0.25) is 10.1 Å². The molecule has 1 saturated heterocycles. The molecule has 0 saturated carbocycles. The van der Waals surface area contributed by atoms with Gasteiger partial charge in [-0.15, -0.1) is 0 Å². The number of hydrogen-bond donors (Lipinski definition) is 1. The first kappa shape index (κ1) is 11.0. The summed E-state index contributed by atoms with van der Waals surface area (Å²) in [6.45, 7) is 6.45. The van der Waals surface area contributed by atoms with Gasteiger partial charge in [0.2, 0.25) is 5.91 Å². The third-order valence-electron chi connectivity index (χ3n) is 3.04. The number of imide groups is 1. The minimum absolute atomic E-state index is 0.149. The first-order valence-electron chi connectivity index (χ1n) is 5.20. The summed E-state index contributed by atoms with van der Waals surface area (Å²) in [7, 11) is 0. The lowest BCUT2D eigenvalue weighted by Crippen LogP contribution is -2.40. The van der Waals surface area contributed by atoms with Crippen molar-refractivity contribution >= 4 is 11.9 Å². The Morgan fingerprint density at radius 1 is 1.36 bits per heavy atom. The third-order valence-corrected chi connectivity index (χ3v) is 3.04. The highest BCUT2D eigenvalue weighted by Crippen LogP contribution is 2.19. The Labute approximate surface area is 84.7 Å². The van der Waals surface area contributed by atoms with Gasteiger partial charge in [-0.05, 0) is 12.8 Å². The third kappa shape index (κ3) is 2.05. The first-order valence-corrected chi connectivity index (χ1v) is 5.20. The van der Waals surface area contributed by atoms with E-state index < -0.39 is 0 Å². The van der Waals surface area contributed by atoms with E-state index in [2.05, 4.69) is 19.2 Å². The quantitative estimate of drug-likeness (QED) is 0.693. The molecular weight excluding hydrogens is 180 g/mol. The Morgan fingerprint density at radius 2 is 1.93 bits per heavy atom. The zero-order valence-electron chi connectivity index (χ0n) is 9.04. The van der Waals surface area contributed by atoms with Crippen LogP contribution in [-0.4, -0.2) is 29.4 Å². The Bertz CT molecular complexity index is 236. The van der Waals surface area contributed by atoms with E-state index in [0.717, 1.165) is 12.8 Å². The Kier molecular flexibility index (Phi) is 3.49. The van der Waals surface area contributed by atoms with E-state index in [9.17, 15) is 9.59 Å². The van der Waals surface area contributed by atoms with Crippen LogP contribution in [0.25, 0.3) is 0 Å². The summed E-state index contributed by atoms with van der Waals surface area (Å²) in [4.78, 5) is 24.0. The average molecular weight is 198 g/mol. The number of nitrogens with one attached hydrogen (secondary N) is 1. The van der Waals surface area contributed by atoms with Gasteiger partial charge < -0.3 is 4.90 Å². The largest absolute Gasteiger partial charge is 0.324 e. The van der Waals surface area contributed by atoms with Gasteiger partial charge in [-0.2, -0.15) is 0 Å². The van der Waals surface area contributed by atoms with E-state index in [4.69, 9.17) is 0 Å². The van der Waals surface area contributed by atoms with Crippen LogP contribution in [-0.2, 0) is 4.79 Å². The molecule has 4 nitrogen and oxygen atoms in total. The Morgan fingerprint density at radius 3 is 2.29 bits per heavy atom. The van der Waals surface area contributed by atoms with Crippen molar-refractivity contribution in [2.24, 2.45) is 5.92 Å². The van der Waals surface area contributed by atoms with E-state index in [1.54, 1.807) is 4.90 Å². The molecule has 1 N–H and O–H groups in total. The van der Waals surface area contributed by atoms with Gasteiger partial charge in [0, 0.05) is 6.04 Å². The molecule has 0 aromatic carbocycles. The summed E-state index contributed by atoms with van der Waals surface area (Å²) in [6, 6.07) is -0.0918. The minimum Gasteiger partial charge on any atom is -0.312 e. The molecule has 1 heterocycles. The fraction of sp³-hybridized carbons (Fsp3) is 0.800. The van der Waals surface area contributed by atoms with Crippen molar-refractivity contribution in [3.63, 3.8) is 0 Å². The zero-order chi connectivity index (χ0) is 10.7. The molecule has 0 spiro atoms. The van der Waals surface area contributed by atoms with E-state index in [0.29, 0.717) is 5.92 Å². The van der Waals surface area contributed by atoms with Gasteiger partial charge in [0.25, 0.3) is 0 Å². The van der Waals surface area contributed by atoms with Crippen LogP contribution in [0.15, 0.2) is 0 Å². The molecule has 0 aromatic rings. The number of rotatable bonds is 4. The van der Waals surface area contributed by atoms with Crippen molar-refractivity contribution in [1.29, 1.82) is 0 Å². The molecule has 80 valence electrons. The standard InChI is InChI=1S/C10H18N2O2/c1-4-8(5-2)7(3)12-6-9(13)11-10(12)14/h7-8H,4-6H2,1-3H3,(H,11,13,14). The second-order valence-electron chi connectivity index (χ2n) is 3.80. The molecule has 1 atom stereocenters. The van der Waals surface area contributed by atoms with E-state index in [1.807, 2.05) is 6.92 Å². The van der Waals surface area contributed by atoms with E-state index >= 15 is 0 Å². The topological polar surface area (TPSA) is 49.4 Å². The summed E-state index contributed by atoms with van der Waals surface area (Å²) in [5.74, 6) is 0.291. The summed E-state index contributed by atoms with van der Waals surface area (Å²) in [5.41, 5.74) is 0. The lowest BCUT2D eigenvalue weighted by Gasteiger charge is -2.28. The summed E-state index contributed by atoms with van der Waals surface area (Å²) < 4.78 is 0. The Balaban J connectivity index is 2.64. The highest BCUT2D eigenvalue weighted by molar-refractivity contribution is 6.02. The van der Waals surface area contributed by atoms with Crippen LogP contribution >= 0.6 is 0 Å². The number of carbonyl (C=O) groups excluding carboxylic acids is 2. The average Bonchev–Trinajstić information content (AvgIpc) is 2.47. The number of carbonyl (C=O) groups is 2. The van der Waals surface area contributed by atoms with Crippen LogP contribution < -0.4 is 5.32 Å². The van der Waals surface area contributed by atoms with Crippen molar-refractivity contribution < 1.29 is 9.59 Å². The van der Waals surface area contributed by atoms with Crippen LogP contribution in [0.4, 0.5) is 4.79 Å². The van der Waals surface area contributed by atoms with Gasteiger partial charge in [0.05, 0.1) is 0 Å². The van der Waals surface area contributed by atoms with Crippen molar-refractivity contribution in [2.45, 2.75) is 39.7 Å². The van der Waals surface area contributed by atoms with Crippen molar-refractivity contribution in [3.8, 4) is 0 Å². The second kappa shape index (κ2) is 4.44. The van der Waals surface area contributed by atoms with Gasteiger partial charge in [-0.25, -0.2) is 4.79 Å². The fourth-order valence-corrected chi connectivity index (χ4v) is 2.01. The number of nitrogens with zero attached hydrogens (tertiary/aromatic N) is 1. The fourth-order valence-electron chi connectivity index (χ4n) is 2.01. The van der Waals surface area contributed by atoms with Crippen molar-refractivity contribution in [1.82, 2.24) is 10.2 Å². The lowest BCUT2D eigenvalue weighted by molar-refractivity contribution is -0.118. The molecular formula is C10H18N2O2. The van der Waals surface area contributed by atoms with Crippen LogP contribution in [0.1, 0.15) is 33.6 Å². The summed E-state index contributed by atoms with van der Waals surface area (Å²) >= 11 is 0. The molecule has 1 rings (SSSR count). The molecule has 3 amide bonds. The molecule has 1 fully saturated rings. The number of amides is 3. The molecule has 14 heavy (non-hydrogen) atoms. The van der Waals surface area contributed by atoms with Crippen LogP contribution in [0.5, 0.6) is 0 Å². The maximum atomic E-state index is 11.4. The van der Waals surface area contributed by atoms with Gasteiger partial charge >= 0.3 is 6.03 Å². The molecule has 0 bridgehead atoms. The summed E-state index contributed by atoms with van der Waals surface area (Å²) in [5, 5.41) is 2.30. The molecule has 1 aliphatic rings. The number of hydrogen-bond acceptors (Lipinski definition) is 2. The molecule has 1 unspecified atom stereocenters. The predicted octanol–water partition coefficient (Wildman–Crippen LogP) is 1.36. The van der Waals surface area contributed by atoms with Gasteiger partial charge in [0.15, 0.2) is 0 Å². The molecule has 0 aromatic heterocycles. The van der Waals surface area contributed by atoms with Crippen LogP contribution in [0.2, 0.25) is 0 Å². The SMILES string of the molecule is CCC(CC)C(C)N1CC(=O)NC1=O. The zero-order valence-corrected chi connectivity index (χ0v) is 9.04. The van der Waals surface area contributed by atoms with E-state index in [1.165, 1.54) is 0 Å². The highest BCUT2D eigenvalue weighted by atomic mass is 16.2. The van der Waals surface area contributed by atoms with Gasteiger partial charge in [0.1, 0.15) is 6.54 Å². The predicted molar refractivity (Wildman–Crippen MR) is 53.8 cm³/mol. The smallest absolute Gasteiger partial charge is 0.312 e. The molecule has 1 aliphatic heterocycles. The van der Waals surface area contributed by atoms with Gasteiger partial charge in [-0.1, -0.05) is 26.7 Å². The maximum Gasteiger partial charge on any atom is 0.324 e. The normalized spacial score (nSPS) is 19.0. The van der Waals surface area contributed by atoms with Crippen LogP contribution in [0.3, 0.4) is 0 Å². The minimum atomic E-state index is -0.241. The van der Waals surface area contributed by atoms with Crippen molar-refractivity contribution in [2.75, 3.05) is 6.54 Å². The number of urea groups is 1. The Hall–Kier alpha value is -1.06. The molecule has 4 heteroatoms. The first-order chi connectivity index (χ1) is 6.60. The summed E-state index contributed by atoms with van der Waals surface area (Å²) in [6.07, 6.45) is 2.07. The second-order valence-corrected chi connectivity index (χ2v) is 3.80. The molecule has 0 aliphatic carbocycles. The van der Waals surface area contributed by atoms with Crippen molar-refractivity contribution in [3.05, 3.63) is 0 Å². The van der Waals surface area contributed by atoms with Crippen LogP contribution in [0, 0.1) is 5.92 Å². The lowest BCUT2D eigenvalue weighted by atomic mass is 9.94.